The van der Waals surface area contributed by atoms with Gasteiger partial charge in [-0.2, -0.15) is 0 Å². The molecule has 0 bridgehead atoms. The normalized spacial score (nSPS) is 21.7. The number of hydrogen-bond acceptors (Lipinski definition) is 10. The van der Waals surface area contributed by atoms with Gasteiger partial charge in [-0.25, -0.2) is 0 Å². The predicted octanol–water partition coefficient (Wildman–Crippen LogP) is 0.294. The van der Waals surface area contributed by atoms with Gasteiger partial charge in [0.2, 0.25) is 0 Å². The Balaban J connectivity index is 0.00000432. The molecule has 3 atom stereocenters. The van der Waals surface area contributed by atoms with Crippen molar-refractivity contribution in [2.75, 3.05) is 58.0 Å². The molecule has 1 aromatic rings. The van der Waals surface area contributed by atoms with Crippen molar-refractivity contribution in [3.63, 3.8) is 0 Å². The number of anilines is 1. The van der Waals surface area contributed by atoms with Gasteiger partial charge in [0.1, 0.15) is 12.5 Å². The van der Waals surface area contributed by atoms with Crippen molar-refractivity contribution in [2.45, 2.75) is 44.2 Å². The molecule has 0 aromatic heterocycles. The fourth-order valence-corrected chi connectivity index (χ4v) is 4.02. The number of halogens is 1. The number of rotatable bonds is 15. The quantitative estimate of drug-likeness (QED) is 0.162. The zero-order valence-electron chi connectivity index (χ0n) is 19.8. The summed E-state index contributed by atoms with van der Waals surface area (Å²) in [4.78, 5) is 27.1. The Labute approximate surface area is 211 Å². The van der Waals surface area contributed by atoms with Crippen LogP contribution in [0.2, 0.25) is 0 Å². The molecular weight excluding hydrogens is 480 g/mol. The van der Waals surface area contributed by atoms with Crippen molar-refractivity contribution in [3.8, 4) is 0 Å². The number of ether oxygens (including phenoxy) is 3. The Morgan fingerprint density at radius 2 is 1.63 bits per heavy atom. The summed E-state index contributed by atoms with van der Waals surface area (Å²) in [7, 11) is 0. The van der Waals surface area contributed by atoms with E-state index in [0.29, 0.717) is 88.8 Å². The van der Waals surface area contributed by atoms with Crippen LogP contribution in [-0.4, -0.2) is 98.2 Å². The van der Waals surface area contributed by atoms with Gasteiger partial charge in [-0.3, -0.25) is 19.8 Å². The molecule has 0 aliphatic carbocycles. The average molecular weight is 517 g/mol. The van der Waals surface area contributed by atoms with Crippen LogP contribution >= 0.6 is 12.4 Å². The number of nitrogens with zero attached hydrogens (tertiary/aromatic N) is 1. The van der Waals surface area contributed by atoms with E-state index >= 15 is 0 Å². The smallest absolute Gasteiger partial charge is 0.264 e. The summed E-state index contributed by atoms with van der Waals surface area (Å²) in [6, 6.07) is 4.38. The highest BCUT2D eigenvalue weighted by Gasteiger charge is 2.45. The molecular formula is C23H37ClN4O7. The molecule has 6 N–H and O–H groups in total. The van der Waals surface area contributed by atoms with Gasteiger partial charge in [0.25, 0.3) is 11.8 Å². The van der Waals surface area contributed by atoms with E-state index < -0.39 is 30.3 Å². The molecule has 3 rings (SSSR count). The lowest BCUT2D eigenvalue weighted by atomic mass is 10.0. The second-order valence-corrected chi connectivity index (χ2v) is 8.24. The van der Waals surface area contributed by atoms with E-state index in [1.165, 1.54) is 0 Å². The summed E-state index contributed by atoms with van der Waals surface area (Å²) in [5, 5.41) is 25.7. The first kappa shape index (κ1) is 29.4. The third-order valence-electron chi connectivity index (χ3n) is 5.76. The molecule has 3 unspecified atom stereocenters. The predicted molar refractivity (Wildman–Crippen MR) is 132 cm³/mol. The van der Waals surface area contributed by atoms with Crippen molar-refractivity contribution in [1.29, 1.82) is 0 Å². The van der Waals surface area contributed by atoms with Gasteiger partial charge in [0.15, 0.2) is 0 Å². The largest absolute Gasteiger partial charge is 0.384 e. The molecule has 198 valence electrons. The van der Waals surface area contributed by atoms with Gasteiger partial charge in [0.05, 0.1) is 43.6 Å². The van der Waals surface area contributed by atoms with Crippen LogP contribution in [0.4, 0.5) is 5.69 Å². The Morgan fingerprint density at radius 3 is 2.29 bits per heavy atom. The molecule has 0 radical (unpaired) electrons. The van der Waals surface area contributed by atoms with E-state index in [1.54, 1.807) is 18.2 Å². The molecule has 12 heteroatoms. The number of hydrogen-bond donors (Lipinski definition) is 5. The number of nitrogens with one attached hydrogen (secondary N) is 2. The van der Waals surface area contributed by atoms with Gasteiger partial charge < -0.3 is 35.5 Å². The molecule has 2 amide bonds. The maximum atomic E-state index is 13.1. The molecule has 0 spiro atoms. The summed E-state index contributed by atoms with van der Waals surface area (Å²) in [5.74, 6) is -0.871. The van der Waals surface area contributed by atoms with Crippen LogP contribution in [0.15, 0.2) is 18.2 Å². The number of amides is 2. The molecule has 2 aliphatic rings. The Morgan fingerprint density at radius 1 is 0.971 bits per heavy atom. The average Bonchev–Trinajstić information content (AvgIpc) is 3.08. The number of aliphatic hydroxyl groups excluding tert-OH is 2. The number of nitrogens with two attached hydrogens (primary N) is 1. The maximum absolute atomic E-state index is 13.1. The lowest BCUT2D eigenvalue weighted by Crippen LogP contribution is -2.58. The number of carbonyl (C=O) groups is 2. The Kier molecular flexibility index (Phi) is 12.9. The third-order valence-corrected chi connectivity index (χ3v) is 5.76. The van der Waals surface area contributed by atoms with Crippen LogP contribution in [0.3, 0.4) is 0 Å². The van der Waals surface area contributed by atoms with Crippen molar-refractivity contribution >= 4 is 29.9 Å². The monoisotopic (exact) mass is 516 g/mol. The highest BCUT2D eigenvalue weighted by atomic mass is 35.5. The fourth-order valence-electron chi connectivity index (χ4n) is 4.02. The molecule has 1 saturated heterocycles. The van der Waals surface area contributed by atoms with Gasteiger partial charge >= 0.3 is 0 Å². The van der Waals surface area contributed by atoms with E-state index in [1.807, 2.05) is 0 Å². The number of imide groups is 1. The third kappa shape index (κ3) is 8.09. The molecule has 1 aromatic carbocycles. The first-order valence-corrected chi connectivity index (χ1v) is 11.8. The lowest BCUT2D eigenvalue weighted by Gasteiger charge is -2.36. The second kappa shape index (κ2) is 15.3. The van der Waals surface area contributed by atoms with Gasteiger partial charge in [0, 0.05) is 25.4 Å². The number of piperidine rings is 1. The van der Waals surface area contributed by atoms with Crippen LogP contribution in [-0.2, 0) is 14.2 Å². The first-order valence-electron chi connectivity index (χ1n) is 11.8. The van der Waals surface area contributed by atoms with E-state index in [2.05, 4.69) is 10.6 Å². The molecule has 11 nitrogen and oxygen atoms in total. The van der Waals surface area contributed by atoms with Crippen LogP contribution in [0, 0.1) is 0 Å². The minimum absolute atomic E-state index is 0. The minimum Gasteiger partial charge on any atom is -0.384 e. The summed E-state index contributed by atoms with van der Waals surface area (Å²) in [5.41, 5.74) is 6.60. The van der Waals surface area contributed by atoms with Crippen molar-refractivity contribution < 1.29 is 34.0 Å². The molecule has 1 fully saturated rings. The van der Waals surface area contributed by atoms with E-state index in [9.17, 15) is 19.8 Å². The first-order chi connectivity index (χ1) is 16.5. The molecule has 0 saturated carbocycles. The van der Waals surface area contributed by atoms with E-state index in [4.69, 9.17) is 19.9 Å². The fraction of sp³-hybridized carbons (Fsp3) is 0.652. The lowest BCUT2D eigenvalue weighted by molar-refractivity contribution is -0.0413. The highest BCUT2D eigenvalue weighted by molar-refractivity contribution is 6.24. The Bertz CT molecular complexity index is 816. The second-order valence-electron chi connectivity index (χ2n) is 8.24. The van der Waals surface area contributed by atoms with Crippen molar-refractivity contribution in [3.05, 3.63) is 29.3 Å². The number of fused-ring (bicyclic) bond motifs is 1. The SMILES string of the molecule is Cl.NCCCOCCOCCOCCCNc1cccc2c1C(=O)N(C1CCC(O)NC1O)C2=O. The number of carbonyl (C=O) groups excluding carboxylic acids is 2. The summed E-state index contributed by atoms with van der Waals surface area (Å²) >= 11 is 0. The molecule has 35 heavy (non-hydrogen) atoms. The van der Waals surface area contributed by atoms with Gasteiger partial charge in [-0.1, -0.05) is 6.07 Å². The standard InChI is InChI=1S/C23H36N4O7.ClH/c24-8-2-10-32-12-14-34-15-13-33-11-3-9-25-17-5-1-4-16-20(17)23(31)27(22(16)30)18-6-7-19(28)26-21(18)29;/h1,4-5,18-19,21,25-26,28-29H,2-3,6-15,24H2;1H. The van der Waals surface area contributed by atoms with Gasteiger partial charge in [-0.15, -0.1) is 12.4 Å². The maximum Gasteiger partial charge on any atom is 0.264 e. The summed E-state index contributed by atoms with van der Waals surface area (Å²) in [6.07, 6.45) is 0.193. The van der Waals surface area contributed by atoms with Crippen LogP contribution in [0.1, 0.15) is 46.4 Å². The zero-order chi connectivity index (χ0) is 24.3. The van der Waals surface area contributed by atoms with Crippen LogP contribution in [0.5, 0.6) is 0 Å². The number of benzene rings is 1. The highest BCUT2D eigenvalue weighted by Crippen LogP contribution is 2.33. The van der Waals surface area contributed by atoms with Crippen LogP contribution in [0.25, 0.3) is 0 Å². The van der Waals surface area contributed by atoms with Crippen LogP contribution < -0.4 is 16.4 Å². The Hall–Kier alpha value is -1.83. The molecule has 2 aliphatic heterocycles. The number of aliphatic hydroxyl groups is 2. The van der Waals surface area contributed by atoms with E-state index in [-0.39, 0.29) is 12.4 Å². The van der Waals surface area contributed by atoms with Crippen molar-refractivity contribution in [1.82, 2.24) is 10.2 Å². The van der Waals surface area contributed by atoms with Crippen molar-refractivity contribution in [2.24, 2.45) is 5.73 Å². The topological polar surface area (TPSA) is 156 Å². The minimum atomic E-state index is -1.17. The summed E-state index contributed by atoms with van der Waals surface area (Å²) in [6.45, 7) is 4.40. The zero-order valence-corrected chi connectivity index (χ0v) is 20.6. The summed E-state index contributed by atoms with van der Waals surface area (Å²) < 4.78 is 16.3. The van der Waals surface area contributed by atoms with E-state index in [0.717, 1.165) is 11.3 Å². The van der Waals surface area contributed by atoms with Gasteiger partial charge in [-0.05, 0) is 44.4 Å². The molecule has 2 heterocycles.